The Labute approximate surface area is 196 Å². The number of thioether (sulfide) groups is 1. The number of para-hydroxylation sites is 1. The van der Waals surface area contributed by atoms with Gasteiger partial charge >= 0.3 is 5.97 Å². The van der Waals surface area contributed by atoms with Crippen LogP contribution in [0.4, 0.5) is 5.69 Å². The van der Waals surface area contributed by atoms with Gasteiger partial charge in [0.05, 0.1) is 30.9 Å². The maximum atomic E-state index is 13.1. The highest BCUT2D eigenvalue weighted by Gasteiger charge is 2.33. The Morgan fingerprint density at radius 1 is 1.21 bits per heavy atom. The molecule has 174 valence electrons. The third-order valence-electron chi connectivity index (χ3n) is 4.67. The summed E-state index contributed by atoms with van der Waals surface area (Å²) in [6.07, 6.45) is 0.729. The number of carbonyl (C=O) groups is 2. The summed E-state index contributed by atoms with van der Waals surface area (Å²) in [4.78, 5) is 31.0. The number of hydrogen-bond donors (Lipinski definition) is 1. The summed E-state index contributed by atoms with van der Waals surface area (Å²) in [6, 6.07) is 14.5. The van der Waals surface area contributed by atoms with Crippen molar-refractivity contribution in [2.24, 2.45) is 4.99 Å². The summed E-state index contributed by atoms with van der Waals surface area (Å²) >= 11 is 1.29. The number of ether oxygens (including phenoxy) is 3. The third kappa shape index (κ3) is 6.36. The number of hydrogen-bond acceptors (Lipinski definition) is 7. The summed E-state index contributed by atoms with van der Waals surface area (Å²) < 4.78 is 16.2. The van der Waals surface area contributed by atoms with Crippen LogP contribution in [0.25, 0.3) is 6.08 Å². The normalized spacial score (nSPS) is 16.9. The first-order valence-electron chi connectivity index (χ1n) is 10.4. The molecule has 1 aliphatic heterocycles. The van der Waals surface area contributed by atoms with E-state index in [0.29, 0.717) is 46.9 Å². The first-order chi connectivity index (χ1) is 15.9. The topological polar surface area (TPSA) is 97.7 Å². The van der Waals surface area contributed by atoms with Crippen LogP contribution < -0.4 is 9.47 Å². The van der Waals surface area contributed by atoms with Gasteiger partial charge in [-0.3, -0.25) is 9.69 Å². The molecule has 33 heavy (non-hydrogen) atoms. The molecule has 2 aromatic rings. The second-order valence-electron chi connectivity index (χ2n) is 7.00. The molecule has 1 saturated heterocycles. The molecule has 1 aliphatic rings. The average molecular weight is 471 g/mol. The lowest BCUT2D eigenvalue weighted by molar-refractivity contribution is -0.144. The SMILES string of the molecule is CCOCCN1C(=O)/C(=C/c2ccc(O[C@@H](C)C(=O)O)c(OC)c2)SC1=Nc1ccccc1. The van der Waals surface area contributed by atoms with E-state index in [9.17, 15) is 9.59 Å². The standard InChI is InChI=1S/C24H26N2O6S/c1-4-31-13-12-26-22(27)21(33-24(26)25-18-8-6-5-7-9-18)15-17-10-11-19(20(14-17)30-3)32-16(2)23(28)29/h5-11,14-16H,4,12-13H2,1-3H3,(H,28,29)/b21-15-,25-24?/t16-/m0/s1. The molecule has 0 radical (unpaired) electrons. The van der Waals surface area contributed by atoms with Crippen molar-refractivity contribution in [1.29, 1.82) is 0 Å². The largest absolute Gasteiger partial charge is 0.493 e. The highest BCUT2D eigenvalue weighted by molar-refractivity contribution is 8.18. The molecule has 3 rings (SSSR count). The summed E-state index contributed by atoms with van der Waals surface area (Å²) in [5.41, 5.74) is 1.47. The van der Waals surface area contributed by atoms with Crippen LogP contribution in [0.5, 0.6) is 11.5 Å². The summed E-state index contributed by atoms with van der Waals surface area (Å²) in [5.74, 6) is -0.550. The number of aliphatic carboxylic acids is 1. The molecule has 0 saturated carbocycles. The fraction of sp³-hybridized carbons (Fsp3) is 0.292. The Bertz CT molecular complexity index is 1050. The van der Waals surface area contributed by atoms with Crippen LogP contribution in [0.1, 0.15) is 19.4 Å². The minimum atomic E-state index is -1.08. The first kappa shape index (κ1) is 24.3. The molecule has 9 heteroatoms. The van der Waals surface area contributed by atoms with E-state index < -0.39 is 12.1 Å². The number of amidine groups is 1. The molecule has 0 spiro atoms. The fourth-order valence-corrected chi connectivity index (χ4v) is 3.99. The lowest BCUT2D eigenvalue weighted by Crippen LogP contribution is -2.32. The Hall–Kier alpha value is -3.30. The van der Waals surface area contributed by atoms with Crippen LogP contribution in [-0.4, -0.2) is 60.0 Å². The van der Waals surface area contributed by atoms with Gasteiger partial charge in [0.2, 0.25) is 0 Å². The van der Waals surface area contributed by atoms with Crippen molar-refractivity contribution < 1.29 is 28.9 Å². The molecular formula is C24H26N2O6S. The molecule has 8 nitrogen and oxygen atoms in total. The van der Waals surface area contributed by atoms with E-state index in [0.717, 1.165) is 5.69 Å². The Morgan fingerprint density at radius 2 is 1.97 bits per heavy atom. The molecule has 0 bridgehead atoms. The highest BCUT2D eigenvalue weighted by Crippen LogP contribution is 2.36. The number of aliphatic imine (C=N–C) groups is 1. The van der Waals surface area contributed by atoms with E-state index in [4.69, 9.17) is 19.3 Å². The van der Waals surface area contributed by atoms with E-state index in [1.165, 1.54) is 25.8 Å². The molecule has 1 fully saturated rings. The van der Waals surface area contributed by atoms with E-state index in [1.54, 1.807) is 29.2 Å². The van der Waals surface area contributed by atoms with E-state index in [1.807, 2.05) is 37.3 Å². The van der Waals surface area contributed by atoms with Gasteiger partial charge in [-0.15, -0.1) is 0 Å². The Kier molecular flexibility index (Phi) is 8.51. The number of nitrogens with zero attached hydrogens (tertiary/aromatic N) is 2. The molecule has 1 amide bonds. The summed E-state index contributed by atoms with van der Waals surface area (Å²) in [5, 5.41) is 9.66. The second-order valence-corrected chi connectivity index (χ2v) is 8.01. The van der Waals surface area contributed by atoms with Crippen molar-refractivity contribution in [1.82, 2.24) is 4.90 Å². The molecule has 1 atom stereocenters. The molecule has 0 aliphatic carbocycles. The van der Waals surface area contributed by atoms with Gasteiger partial charge in [-0.1, -0.05) is 24.3 Å². The van der Waals surface area contributed by atoms with Crippen LogP contribution in [0.2, 0.25) is 0 Å². The van der Waals surface area contributed by atoms with Gasteiger partial charge in [-0.2, -0.15) is 0 Å². The van der Waals surface area contributed by atoms with Crippen molar-refractivity contribution in [2.75, 3.05) is 26.9 Å². The quantitative estimate of drug-likeness (QED) is 0.411. The molecule has 1 N–H and O–H groups in total. The monoisotopic (exact) mass is 470 g/mol. The third-order valence-corrected chi connectivity index (χ3v) is 5.68. The smallest absolute Gasteiger partial charge is 0.344 e. The van der Waals surface area contributed by atoms with Gasteiger partial charge in [0, 0.05) is 6.61 Å². The lowest BCUT2D eigenvalue weighted by Gasteiger charge is -2.15. The maximum Gasteiger partial charge on any atom is 0.344 e. The molecule has 2 aromatic carbocycles. The van der Waals surface area contributed by atoms with Crippen LogP contribution in [0, 0.1) is 0 Å². The zero-order chi connectivity index (χ0) is 23.8. The van der Waals surface area contributed by atoms with E-state index in [2.05, 4.69) is 4.99 Å². The van der Waals surface area contributed by atoms with Gasteiger partial charge < -0.3 is 19.3 Å². The molecule has 0 aromatic heterocycles. The number of carboxylic acid groups (broad SMARTS) is 1. The second kappa shape index (κ2) is 11.5. The van der Waals surface area contributed by atoms with Crippen molar-refractivity contribution in [2.45, 2.75) is 20.0 Å². The number of amides is 1. The van der Waals surface area contributed by atoms with Crippen molar-refractivity contribution in [3.63, 3.8) is 0 Å². The zero-order valence-electron chi connectivity index (χ0n) is 18.7. The van der Waals surface area contributed by atoms with Crippen molar-refractivity contribution in [3.05, 3.63) is 59.0 Å². The Balaban J connectivity index is 1.88. The number of carboxylic acids is 1. The average Bonchev–Trinajstić information content (AvgIpc) is 3.09. The predicted octanol–water partition coefficient (Wildman–Crippen LogP) is 4.19. The fourth-order valence-electron chi connectivity index (χ4n) is 2.97. The number of rotatable bonds is 10. The Morgan fingerprint density at radius 3 is 2.64 bits per heavy atom. The van der Waals surface area contributed by atoms with Crippen LogP contribution >= 0.6 is 11.8 Å². The summed E-state index contributed by atoms with van der Waals surface area (Å²) in [7, 11) is 1.47. The first-order valence-corrected chi connectivity index (χ1v) is 11.2. The van der Waals surface area contributed by atoms with Gasteiger partial charge in [-0.05, 0) is 61.5 Å². The minimum absolute atomic E-state index is 0.159. The zero-order valence-corrected chi connectivity index (χ0v) is 19.5. The summed E-state index contributed by atoms with van der Waals surface area (Å²) in [6.45, 7) is 4.72. The maximum absolute atomic E-state index is 13.1. The van der Waals surface area contributed by atoms with Gasteiger partial charge in [0.25, 0.3) is 5.91 Å². The highest BCUT2D eigenvalue weighted by atomic mass is 32.2. The van der Waals surface area contributed by atoms with Crippen molar-refractivity contribution >= 4 is 40.6 Å². The molecular weight excluding hydrogens is 444 g/mol. The number of methoxy groups -OCH3 is 1. The van der Waals surface area contributed by atoms with Crippen LogP contribution in [0.3, 0.4) is 0 Å². The van der Waals surface area contributed by atoms with Crippen LogP contribution in [-0.2, 0) is 14.3 Å². The number of benzene rings is 2. The van der Waals surface area contributed by atoms with Crippen molar-refractivity contribution in [3.8, 4) is 11.5 Å². The van der Waals surface area contributed by atoms with Crippen LogP contribution in [0.15, 0.2) is 58.4 Å². The van der Waals surface area contributed by atoms with Gasteiger partial charge in [-0.25, -0.2) is 9.79 Å². The van der Waals surface area contributed by atoms with Gasteiger partial charge in [0.1, 0.15) is 0 Å². The van der Waals surface area contributed by atoms with Gasteiger partial charge in [0.15, 0.2) is 22.8 Å². The molecule has 0 unspecified atom stereocenters. The number of carbonyl (C=O) groups excluding carboxylic acids is 1. The lowest BCUT2D eigenvalue weighted by atomic mass is 10.2. The van der Waals surface area contributed by atoms with E-state index >= 15 is 0 Å². The predicted molar refractivity (Wildman–Crippen MR) is 128 cm³/mol. The minimum Gasteiger partial charge on any atom is -0.493 e. The molecule has 1 heterocycles. The van der Waals surface area contributed by atoms with E-state index in [-0.39, 0.29) is 5.91 Å².